The van der Waals surface area contributed by atoms with Gasteiger partial charge in [-0.1, -0.05) is 13.8 Å². The number of aromatic nitrogens is 1. The fourth-order valence-electron chi connectivity index (χ4n) is 2.65. The summed E-state index contributed by atoms with van der Waals surface area (Å²) in [6.07, 6.45) is -1.62. The SMILES string of the molecule is CC(C)C(C(=O)Nc1cncc(C(F)(F)F)c1)N1CCCC1=O. The average molecular weight is 329 g/mol. The third kappa shape index (κ3) is 4.00. The number of likely N-dealkylation sites (tertiary alicyclic amines) is 1. The molecular weight excluding hydrogens is 311 g/mol. The van der Waals surface area contributed by atoms with Gasteiger partial charge < -0.3 is 10.2 Å². The Bertz CT molecular complexity index is 602. The number of pyridine rings is 1. The summed E-state index contributed by atoms with van der Waals surface area (Å²) in [4.78, 5) is 29.3. The third-order valence-corrected chi connectivity index (χ3v) is 3.68. The Hall–Kier alpha value is -2.12. The third-order valence-electron chi connectivity index (χ3n) is 3.68. The molecule has 1 aromatic heterocycles. The summed E-state index contributed by atoms with van der Waals surface area (Å²) in [6.45, 7) is 4.07. The summed E-state index contributed by atoms with van der Waals surface area (Å²) in [5, 5.41) is 2.44. The molecule has 0 spiro atoms. The predicted octanol–water partition coefficient (Wildman–Crippen LogP) is 2.69. The van der Waals surface area contributed by atoms with Gasteiger partial charge in [-0.25, -0.2) is 0 Å². The van der Waals surface area contributed by atoms with Crippen LogP contribution in [0, 0.1) is 5.92 Å². The van der Waals surface area contributed by atoms with Crippen molar-refractivity contribution in [3.05, 3.63) is 24.0 Å². The van der Waals surface area contributed by atoms with Crippen molar-refractivity contribution in [2.75, 3.05) is 11.9 Å². The lowest BCUT2D eigenvalue weighted by Crippen LogP contribution is -2.48. The number of carbonyl (C=O) groups excluding carboxylic acids is 2. The highest BCUT2D eigenvalue weighted by Crippen LogP contribution is 2.30. The van der Waals surface area contributed by atoms with Gasteiger partial charge in [0.25, 0.3) is 0 Å². The minimum atomic E-state index is -4.53. The van der Waals surface area contributed by atoms with Crippen LogP contribution in [0.1, 0.15) is 32.3 Å². The zero-order chi connectivity index (χ0) is 17.2. The van der Waals surface area contributed by atoms with Crippen molar-refractivity contribution < 1.29 is 22.8 Å². The quantitative estimate of drug-likeness (QED) is 0.924. The standard InChI is InChI=1S/C15H18F3N3O2/c1-9(2)13(21-5-3-4-12(21)22)14(23)20-11-6-10(7-19-8-11)15(16,17)18/h6-9,13H,3-5H2,1-2H3,(H,20,23). The van der Waals surface area contributed by atoms with Crippen LogP contribution >= 0.6 is 0 Å². The number of halogens is 3. The Balaban J connectivity index is 2.17. The summed E-state index contributed by atoms with van der Waals surface area (Å²) in [5.41, 5.74) is -0.976. The van der Waals surface area contributed by atoms with E-state index in [2.05, 4.69) is 10.3 Å². The summed E-state index contributed by atoms with van der Waals surface area (Å²) in [5.74, 6) is -0.770. The molecule has 1 aliphatic rings. The van der Waals surface area contributed by atoms with Gasteiger partial charge in [-0.3, -0.25) is 14.6 Å². The van der Waals surface area contributed by atoms with Crippen molar-refractivity contribution in [1.82, 2.24) is 9.88 Å². The Kier molecular flexibility index (Phi) is 4.91. The maximum Gasteiger partial charge on any atom is 0.417 e. The molecule has 1 aromatic rings. The molecule has 126 valence electrons. The van der Waals surface area contributed by atoms with Crippen molar-refractivity contribution in [1.29, 1.82) is 0 Å². The average Bonchev–Trinajstić information content (AvgIpc) is 2.84. The zero-order valence-electron chi connectivity index (χ0n) is 12.9. The highest BCUT2D eigenvalue weighted by Gasteiger charge is 2.35. The van der Waals surface area contributed by atoms with Gasteiger partial charge in [0.1, 0.15) is 6.04 Å². The van der Waals surface area contributed by atoms with Gasteiger partial charge in [-0.15, -0.1) is 0 Å². The molecule has 0 saturated carbocycles. The van der Waals surface area contributed by atoms with Crippen LogP contribution in [0.2, 0.25) is 0 Å². The molecule has 0 bridgehead atoms. The molecule has 0 aromatic carbocycles. The number of rotatable bonds is 4. The van der Waals surface area contributed by atoms with E-state index in [1.54, 1.807) is 13.8 Å². The number of nitrogens with one attached hydrogen (secondary N) is 1. The van der Waals surface area contributed by atoms with Gasteiger partial charge >= 0.3 is 6.18 Å². The zero-order valence-corrected chi connectivity index (χ0v) is 12.9. The van der Waals surface area contributed by atoms with Crippen LogP contribution in [0.4, 0.5) is 18.9 Å². The molecule has 1 saturated heterocycles. The highest BCUT2D eigenvalue weighted by molar-refractivity contribution is 5.97. The van der Waals surface area contributed by atoms with Gasteiger partial charge in [0.05, 0.1) is 17.4 Å². The first-order valence-electron chi connectivity index (χ1n) is 7.32. The monoisotopic (exact) mass is 329 g/mol. The fourth-order valence-corrected chi connectivity index (χ4v) is 2.65. The number of hydrogen-bond acceptors (Lipinski definition) is 3. The van der Waals surface area contributed by atoms with Crippen LogP contribution < -0.4 is 5.32 Å². The number of amides is 2. The molecule has 5 nitrogen and oxygen atoms in total. The molecule has 2 rings (SSSR count). The van der Waals surface area contributed by atoms with Gasteiger partial charge in [0.15, 0.2) is 0 Å². The van der Waals surface area contributed by atoms with E-state index < -0.39 is 23.7 Å². The normalized spacial score (nSPS) is 16.8. The number of anilines is 1. The maximum absolute atomic E-state index is 12.7. The fraction of sp³-hybridized carbons (Fsp3) is 0.533. The molecule has 1 aliphatic heterocycles. The minimum Gasteiger partial charge on any atom is -0.330 e. The van der Waals surface area contributed by atoms with E-state index in [9.17, 15) is 22.8 Å². The Morgan fingerprint density at radius 1 is 1.35 bits per heavy atom. The smallest absolute Gasteiger partial charge is 0.330 e. The number of hydrogen-bond donors (Lipinski definition) is 1. The highest BCUT2D eigenvalue weighted by atomic mass is 19.4. The Labute approximate surface area is 131 Å². The molecule has 1 atom stereocenters. The Morgan fingerprint density at radius 2 is 2.04 bits per heavy atom. The summed E-state index contributed by atoms with van der Waals surface area (Å²) in [6, 6.07) is 0.119. The van der Waals surface area contributed by atoms with Crippen LogP contribution in [0.5, 0.6) is 0 Å². The van der Waals surface area contributed by atoms with E-state index in [-0.39, 0.29) is 17.5 Å². The second-order valence-electron chi connectivity index (χ2n) is 5.83. The summed E-state index contributed by atoms with van der Waals surface area (Å²) in [7, 11) is 0. The Morgan fingerprint density at radius 3 is 2.57 bits per heavy atom. The number of nitrogens with zero attached hydrogens (tertiary/aromatic N) is 2. The summed E-state index contributed by atoms with van der Waals surface area (Å²) >= 11 is 0. The van der Waals surface area contributed by atoms with Crippen LogP contribution in [-0.2, 0) is 15.8 Å². The lowest BCUT2D eigenvalue weighted by atomic mass is 10.0. The van der Waals surface area contributed by atoms with Crippen LogP contribution in [0.15, 0.2) is 18.5 Å². The topological polar surface area (TPSA) is 62.3 Å². The molecule has 1 fully saturated rings. The van der Waals surface area contributed by atoms with E-state index in [1.165, 1.54) is 4.90 Å². The second kappa shape index (κ2) is 6.55. The molecule has 2 heterocycles. The van der Waals surface area contributed by atoms with Crippen LogP contribution in [0.25, 0.3) is 0 Å². The van der Waals surface area contributed by atoms with E-state index in [0.717, 1.165) is 12.3 Å². The summed E-state index contributed by atoms with van der Waals surface area (Å²) < 4.78 is 38.1. The minimum absolute atomic E-state index is 0.0397. The van der Waals surface area contributed by atoms with Crippen molar-refractivity contribution in [3.8, 4) is 0 Å². The van der Waals surface area contributed by atoms with E-state index in [1.807, 2.05) is 0 Å². The van der Waals surface area contributed by atoms with Crippen molar-refractivity contribution in [2.45, 2.75) is 38.9 Å². The largest absolute Gasteiger partial charge is 0.417 e. The van der Waals surface area contributed by atoms with E-state index in [0.29, 0.717) is 25.6 Å². The number of alkyl halides is 3. The number of carbonyl (C=O) groups is 2. The van der Waals surface area contributed by atoms with Crippen molar-refractivity contribution in [2.24, 2.45) is 5.92 Å². The van der Waals surface area contributed by atoms with E-state index in [4.69, 9.17) is 0 Å². The first-order chi connectivity index (χ1) is 10.7. The molecule has 8 heteroatoms. The van der Waals surface area contributed by atoms with Gasteiger partial charge in [0, 0.05) is 19.2 Å². The molecule has 0 radical (unpaired) electrons. The van der Waals surface area contributed by atoms with Crippen molar-refractivity contribution in [3.63, 3.8) is 0 Å². The predicted molar refractivity (Wildman–Crippen MR) is 77.4 cm³/mol. The lowest BCUT2D eigenvalue weighted by molar-refractivity contribution is -0.137. The molecule has 0 aliphatic carbocycles. The molecule has 23 heavy (non-hydrogen) atoms. The molecular formula is C15H18F3N3O2. The van der Waals surface area contributed by atoms with Gasteiger partial charge in [0.2, 0.25) is 11.8 Å². The first kappa shape index (κ1) is 17.2. The molecule has 2 amide bonds. The molecule has 1 N–H and O–H groups in total. The molecule has 1 unspecified atom stereocenters. The van der Waals surface area contributed by atoms with Crippen molar-refractivity contribution >= 4 is 17.5 Å². The van der Waals surface area contributed by atoms with E-state index >= 15 is 0 Å². The van der Waals surface area contributed by atoms with Crippen LogP contribution in [-0.4, -0.2) is 34.3 Å². The van der Waals surface area contributed by atoms with Gasteiger partial charge in [-0.2, -0.15) is 13.2 Å². The lowest BCUT2D eigenvalue weighted by Gasteiger charge is -2.29. The first-order valence-corrected chi connectivity index (χ1v) is 7.32. The van der Waals surface area contributed by atoms with Gasteiger partial charge in [-0.05, 0) is 18.4 Å². The van der Waals surface area contributed by atoms with Crippen LogP contribution in [0.3, 0.4) is 0 Å². The maximum atomic E-state index is 12.7. The second-order valence-corrected chi connectivity index (χ2v) is 5.83.